The number of nitrogens with one attached hydrogen (secondary N) is 1. The molecule has 1 aliphatic heterocycles. The van der Waals surface area contributed by atoms with E-state index >= 15 is 0 Å². The van der Waals surface area contributed by atoms with Gasteiger partial charge in [0.15, 0.2) is 5.69 Å². The molecule has 1 aliphatic rings. The molecule has 3 aromatic rings. The highest BCUT2D eigenvalue weighted by atomic mass is 32.2. The van der Waals surface area contributed by atoms with Crippen molar-refractivity contribution < 1.29 is 4.74 Å². The van der Waals surface area contributed by atoms with Crippen molar-refractivity contribution in [2.45, 2.75) is 38.1 Å². The molecule has 1 N–H and O–H groups in total. The van der Waals surface area contributed by atoms with Crippen LogP contribution in [-0.4, -0.2) is 25.9 Å². The Morgan fingerprint density at radius 3 is 2.81 bits per heavy atom. The molecule has 0 bridgehead atoms. The second kappa shape index (κ2) is 7.92. The monoisotopic (exact) mass is 379 g/mol. The zero-order chi connectivity index (χ0) is 18.6. The average molecular weight is 379 g/mol. The van der Waals surface area contributed by atoms with Gasteiger partial charge in [0.1, 0.15) is 5.69 Å². The molecule has 0 amide bonds. The summed E-state index contributed by atoms with van der Waals surface area (Å²) in [6.45, 7) is 4.14. The Hall–Kier alpha value is -2.67. The summed E-state index contributed by atoms with van der Waals surface area (Å²) >= 11 is 1.60. The maximum absolute atomic E-state index is 6.23. The molecule has 3 heterocycles. The van der Waals surface area contributed by atoms with Gasteiger partial charge in [-0.25, -0.2) is 0 Å². The van der Waals surface area contributed by atoms with Crippen molar-refractivity contribution in [1.82, 2.24) is 20.2 Å². The lowest BCUT2D eigenvalue weighted by Crippen LogP contribution is -2.18. The number of para-hydroxylation sites is 1. The zero-order valence-electron chi connectivity index (χ0n) is 15.3. The van der Waals surface area contributed by atoms with E-state index in [1.54, 1.807) is 11.8 Å². The number of hydrogen-bond acceptors (Lipinski definition) is 7. The summed E-state index contributed by atoms with van der Waals surface area (Å²) < 4.78 is 6.23. The van der Waals surface area contributed by atoms with Crippen molar-refractivity contribution in [1.29, 1.82) is 0 Å². The maximum atomic E-state index is 6.23. The lowest BCUT2D eigenvalue weighted by molar-refractivity contribution is 0.220. The topological polar surface area (TPSA) is 72.8 Å². The van der Waals surface area contributed by atoms with Gasteiger partial charge in [0, 0.05) is 22.7 Å². The number of thioether (sulfide) groups is 1. The van der Waals surface area contributed by atoms with Crippen molar-refractivity contribution in [3.8, 4) is 17.1 Å². The van der Waals surface area contributed by atoms with E-state index in [0.717, 1.165) is 41.2 Å². The smallest absolute Gasteiger partial charge is 0.247 e. The summed E-state index contributed by atoms with van der Waals surface area (Å²) in [5.74, 6) is 1.45. The molecule has 2 aromatic heterocycles. The van der Waals surface area contributed by atoms with Gasteiger partial charge in [-0.1, -0.05) is 49.4 Å². The van der Waals surface area contributed by atoms with Crippen molar-refractivity contribution in [3.05, 3.63) is 53.9 Å². The number of aryl methyl sites for hydroxylation is 1. The number of fused-ring (bicyclic) bond motifs is 3. The van der Waals surface area contributed by atoms with Crippen LogP contribution < -0.4 is 10.1 Å². The molecule has 1 aromatic carbocycles. The number of hydrogen-bond donors (Lipinski definition) is 1. The Labute approximate surface area is 162 Å². The van der Waals surface area contributed by atoms with Gasteiger partial charge >= 0.3 is 0 Å². The maximum Gasteiger partial charge on any atom is 0.247 e. The van der Waals surface area contributed by atoms with Crippen LogP contribution in [-0.2, 0) is 0 Å². The van der Waals surface area contributed by atoms with E-state index in [-0.39, 0.29) is 0 Å². The number of aromatic nitrogens is 4. The van der Waals surface area contributed by atoms with Crippen LogP contribution in [0, 0.1) is 6.92 Å². The van der Waals surface area contributed by atoms with Gasteiger partial charge < -0.3 is 10.1 Å². The standard InChI is InChI=1S/C20H21N5OS/c1-3-4-12-27-20-23-19-17(24-25-20)14-9-5-6-10-15(14)22-18(26-19)16-11-7-8-13(2)21-16/h5-11,18,22H,3-4,12H2,1-2H3/t18-/m1/s1. The molecular weight excluding hydrogens is 358 g/mol. The van der Waals surface area contributed by atoms with E-state index in [0.29, 0.717) is 16.7 Å². The van der Waals surface area contributed by atoms with Crippen LogP contribution >= 0.6 is 11.8 Å². The lowest BCUT2D eigenvalue weighted by atomic mass is 10.1. The summed E-state index contributed by atoms with van der Waals surface area (Å²) in [5, 5.41) is 12.8. The molecular formula is C20H21N5OS. The second-order valence-corrected chi connectivity index (χ2v) is 7.40. The minimum Gasteiger partial charge on any atom is -0.446 e. The largest absolute Gasteiger partial charge is 0.446 e. The summed E-state index contributed by atoms with van der Waals surface area (Å²) in [4.78, 5) is 9.25. The zero-order valence-corrected chi connectivity index (χ0v) is 16.2. The fraction of sp³-hybridized carbons (Fsp3) is 0.300. The van der Waals surface area contributed by atoms with Crippen LogP contribution in [0.4, 0.5) is 5.69 Å². The first-order chi connectivity index (χ1) is 13.2. The van der Waals surface area contributed by atoms with Crippen LogP contribution in [0.25, 0.3) is 11.3 Å². The summed E-state index contributed by atoms with van der Waals surface area (Å²) in [6, 6.07) is 13.8. The molecule has 0 unspecified atom stereocenters. The lowest BCUT2D eigenvalue weighted by Gasteiger charge is -2.18. The van der Waals surface area contributed by atoms with Crippen molar-refractivity contribution in [3.63, 3.8) is 0 Å². The van der Waals surface area contributed by atoms with Gasteiger partial charge in [0.2, 0.25) is 17.3 Å². The van der Waals surface area contributed by atoms with Crippen LogP contribution in [0.1, 0.15) is 37.4 Å². The quantitative estimate of drug-likeness (QED) is 0.511. The molecule has 0 saturated carbocycles. The molecule has 0 fully saturated rings. The number of rotatable bonds is 5. The highest BCUT2D eigenvalue weighted by Gasteiger charge is 2.26. The minimum atomic E-state index is -0.447. The molecule has 0 spiro atoms. The third-order valence-corrected chi connectivity index (χ3v) is 5.17. The van der Waals surface area contributed by atoms with Crippen LogP contribution in [0.2, 0.25) is 0 Å². The first-order valence-electron chi connectivity index (χ1n) is 9.08. The number of nitrogens with zero attached hydrogens (tertiary/aromatic N) is 4. The van der Waals surface area contributed by atoms with Gasteiger partial charge in [-0.05, 0) is 31.5 Å². The highest BCUT2D eigenvalue weighted by molar-refractivity contribution is 7.99. The number of anilines is 1. The van der Waals surface area contributed by atoms with Gasteiger partial charge in [-0.2, -0.15) is 4.98 Å². The number of unbranched alkanes of at least 4 members (excludes halogenated alkanes) is 1. The van der Waals surface area contributed by atoms with Gasteiger partial charge in [-0.3, -0.25) is 4.98 Å². The van der Waals surface area contributed by atoms with Crippen LogP contribution in [0.15, 0.2) is 47.6 Å². The molecule has 0 aliphatic carbocycles. The third kappa shape index (κ3) is 3.88. The van der Waals surface area contributed by atoms with Gasteiger partial charge in [0.05, 0.1) is 0 Å². The number of benzene rings is 1. The van der Waals surface area contributed by atoms with Gasteiger partial charge in [0.25, 0.3) is 0 Å². The molecule has 6 nitrogen and oxygen atoms in total. The molecule has 138 valence electrons. The first-order valence-corrected chi connectivity index (χ1v) is 10.1. The average Bonchev–Trinajstić information content (AvgIpc) is 2.85. The first kappa shape index (κ1) is 17.7. The number of pyridine rings is 1. The van der Waals surface area contributed by atoms with Crippen LogP contribution in [0.5, 0.6) is 5.88 Å². The predicted octanol–water partition coefficient (Wildman–Crippen LogP) is 4.64. The molecule has 7 heteroatoms. The summed E-state index contributed by atoms with van der Waals surface area (Å²) in [6.07, 6.45) is 1.81. The molecule has 0 radical (unpaired) electrons. The Bertz CT molecular complexity index is 949. The van der Waals surface area contributed by atoms with Crippen molar-refractivity contribution in [2.75, 3.05) is 11.1 Å². The van der Waals surface area contributed by atoms with Crippen LogP contribution in [0.3, 0.4) is 0 Å². The fourth-order valence-corrected chi connectivity index (χ4v) is 3.72. The second-order valence-electron chi connectivity index (χ2n) is 6.34. The van der Waals surface area contributed by atoms with E-state index in [1.165, 1.54) is 0 Å². The Morgan fingerprint density at radius 2 is 1.96 bits per heavy atom. The normalized spacial score (nSPS) is 15.1. The third-order valence-electron chi connectivity index (χ3n) is 4.24. The van der Waals surface area contributed by atoms with E-state index in [2.05, 4.69) is 32.4 Å². The molecule has 27 heavy (non-hydrogen) atoms. The SMILES string of the molecule is CCCCSc1nnc2c(n1)O[C@H](c1cccc(C)n1)Nc1ccccc1-2. The van der Waals surface area contributed by atoms with E-state index < -0.39 is 6.23 Å². The Balaban J connectivity index is 1.74. The van der Waals surface area contributed by atoms with E-state index in [1.807, 2.05) is 49.4 Å². The molecule has 0 saturated heterocycles. The summed E-state index contributed by atoms with van der Waals surface area (Å²) in [5.41, 5.74) is 4.23. The van der Waals surface area contributed by atoms with E-state index in [4.69, 9.17) is 4.74 Å². The van der Waals surface area contributed by atoms with Crippen molar-refractivity contribution >= 4 is 17.4 Å². The van der Waals surface area contributed by atoms with Crippen molar-refractivity contribution in [2.24, 2.45) is 0 Å². The Morgan fingerprint density at radius 1 is 1.07 bits per heavy atom. The predicted molar refractivity (Wildman–Crippen MR) is 107 cm³/mol. The van der Waals surface area contributed by atoms with E-state index in [9.17, 15) is 0 Å². The molecule has 1 atom stereocenters. The fourth-order valence-electron chi connectivity index (χ4n) is 2.86. The Kier molecular flexibility index (Phi) is 5.20. The summed E-state index contributed by atoms with van der Waals surface area (Å²) in [7, 11) is 0. The highest BCUT2D eigenvalue weighted by Crippen LogP contribution is 2.39. The molecule has 4 rings (SSSR count). The van der Waals surface area contributed by atoms with Gasteiger partial charge in [-0.15, -0.1) is 10.2 Å². The minimum absolute atomic E-state index is 0.447. The number of ether oxygens (including phenoxy) is 1.